The Labute approximate surface area is 194 Å². The number of pyridine rings is 1. The number of urea groups is 1. The second-order valence-corrected chi connectivity index (χ2v) is 8.94. The van der Waals surface area contributed by atoms with Crippen LogP contribution in [0.3, 0.4) is 0 Å². The average Bonchev–Trinajstić information content (AvgIpc) is 2.81. The Kier molecular flexibility index (Phi) is 7.39. The number of hydrogen-bond acceptors (Lipinski definition) is 6. The fourth-order valence-corrected chi connectivity index (χ4v) is 4.89. The molecule has 2 aromatic rings. The molecule has 4 rings (SSSR count). The van der Waals surface area contributed by atoms with Gasteiger partial charge >= 0.3 is 6.03 Å². The Hall–Kier alpha value is -3.20. The highest BCUT2D eigenvalue weighted by Gasteiger charge is 2.30. The second-order valence-electron chi connectivity index (χ2n) is 8.94. The van der Waals surface area contributed by atoms with E-state index in [1.54, 1.807) is 19.1 Å². The normalized spacial score (nSPS) is 23.1. The highest BCUT2D eigenvalue weighted by molar-refractivity contribution is 5.89. The van der Waals surface area contributed by atoms with Crippen molar-refractivity contribution in [3.8, 4) is 0 Å². The van der Waals surface area contributed by atoms with Crippen LogP contribution in [0.25, 0.3) is 0 Å². The molecule has 1 aliphatic carbocycles. The number of aryl methyl sites for hydroxylation is 1. The van der Waals surface area contributed by atoms with Gasteiger partial charge in [-0.3, -0.25) is 10.1 Å². The zero-order valence-electron chi connectivity index (χ0n) is 19.0. The van der Waals surface area contributed by atoms with E-state index in [2.05, 4.69) is 25.8 Å². The predicted octanol–water partition coefficient (Wildman–Crippen LogP) is 3.99. The monoisotopic (exact) mass is 452 g/mol. The molecule has 3 atom stereocenters. The summed E-state index contributed by atoms with van der Waals surface area (Å²) >= 11 is 0. The molecule has 2 fully saturated rings. The molecule has 1 aromatic heterocycles. The van der Waals surface area contributed by atoms with Gasteiger partial charge in [0.25, 0.3) is 5.69 Å². The van der Waals surface area contributed by atoms with Gasteiger partial charge < -0.3 is 20.9 Å². The number of para-hydroxylation sites is 1. The van der Waals surface area contributed by atoms with Gasteiger partial charge in [-0.05, 0) is 50.8 Å². The number of piperidine rings is 1. The molecule has 0 bridgehead atoms. The first kappa shape index (κ1) is 23.0. The summed E-state index contributed by atoms with van der Waals surface area (Å²) in [6.45, 7) is 3.36. The zero-order chi connectivity index (χ0) is 23.2. The molecule has 2 amide bonds. The molecule has 2 heterocycles. The summed E-state index contributed by atoms with van der Waals surface area (Å²) in [5.74, 6) is 0.783. The third-order valence-corrected chi connectivity index (χ3v) is 6.55. The summed E-state index contributed by atoms with van der Waals surface area (Å²) in [6.07, 6.45) is 6.32. The van der Waals surface area contributed by atoms with Crippen LogP contribution in [0, 0.1) is 17.0 Å². The zero-order valence-corrected chi connectivity index (χ0v) is 19.0. The SMILES string of the molecule is Cc1nc(N2CCCC(N[C@@H]3CCCC[C@H]3NC(=O)Nc3ccccc3)C2)ccc1[N+](=O)[O-]. The summed E-state index contributed by atoms with van der Waals surface area (Å²) < 4.78 is 0. The number of carbonyl (C=O) groups excluding carboxylic acids is 1. The van der Waals surface area contributed by atoms with Gasteiger partial charge in [0, 0.05) is 43.0 Å². The molecule has 0 radical (unpaired) electrons. The van der Waals surface area contributed by atoms with Crippen LogP contribution in [0.2, 0.25) is 0 Å². The molecular weight excluding hydrogens is 420 g/mol. The summed E-state index contributed by atoms with van der Waals surface area (Å²) in [5, 5.41) is 21.0. The van der Waals surface area contributed by atoms with Crippen LogP contribution in [0.4, 0.5) is 22.0 Å². The number of carbonyl (C=O) groups is 1. The van der Waals surface area contributed by atoms with Crippen LogP contribution in [0.1, 0.15) is 44.2 Å². The van der Waals surface area contributed by atoms with Gasteiger partial charge in [0.1, 0.15) is 11.5 Å². The predicted molar refractivity (Wildman–Crippen MR) is 129 cm³/mol. The lowest BCUT2D eigenvalue weighted by Gasteiger charge is -2.40. The number of amides is 2. The molecule has 33 heavy (non-hydrogen) atoms. The Morgan fingerprint density at radius 2 is 1.82 bits per heavy atom. The molecule has 1 aliphatic heterocycles. The smallest absolute Gasteiger partial charge is 0.319 e. The van der Waals surface area contributed by atoms with Gasteiger partial charge in [0.15, 0.2) is 0 Å². The number of nitro groups is 1. The van der Waals surface area contributed by atoms with Crippen molar-refractivity contribution < 1.29 is 9.72 Å². The van der Waals surface area contributed by atoms with Crippen molar-refractivity contribution >= 4 is 23.2 Å². The number of hydrogen-bond donors (Lipinski definition) is 3. The van der Waals surface area contributed by atoms with E-state index in [4.69, 9.17) is 0 Å². The summed E-state index contributed by atoms with van der Waals surface area (Å²) in [5.41, 5.74) is 1.27. The fourth-order valence-electron chi connectivity index (χ4n) is 4.89. The number of benzene rings is 1. The van der Waals surface area contributed by atoms with E-state index in [9.17, 15) is 14.9 Å². The van der Waals surface area contributed by atoms with Crippen molar-refractivity contribution in [2.75, 3.05) is 23.3 Å². The first-order valence-electron chi connectivity index (χ1n) is 11.7. The van der Waals surface area contributed by atoms with Crippen LogP contribution in [0.15, 0.2) is 42.5 Å². The number of nitrogens with zero attached hydrogens (tertiary/aromatic N) is 3. The fraction of sp³-hybridized carbons (Fsp3) is 0.500. The van der Waals surface area contributed by atoms with Crippen molar-refractivity contribution in [1.29, 1.82) is 0 Å². The molecule has 0 spiro atoms. The third kappa shape index (κ3) is 5.98. The summed E-state index contributed by atoms with van der Waals surface area (Å²) in [7, 11) is 0. The Bertz CT molecular complexity index is 970. The quantitative estimate of drug-likeness (QED) is 0.451. The molecule has 9 heteroatoms. The van der Waals surface area contributed by atoms with E-state index < -0.39 is 4.92 Å². The molecular formula is C24H32N6O3. The largest absolute Gasteiger partial charge is 0.355 e. The lowest BCUT2D eigenvalue weighted by atomic mass is 9.89. The van der Waals surface area contributed by atoms with Gasteiger partial charge in [0.05, 0.1) is 4.92 Å². The van der Waals surface area contributed by atoms with Gasteiger partial charge in [0.2, 0.25) is 0 Å². The van der Waals surface area contributed by atoms with Crippen molar-refractivity contribution in [2.45, 2.75) is 63.6 Å². The Morgan fingerprint density at radius 1 is 1.06 bits per heavy atom. The van der Waals surface area contributed by atoms with Crippen LogP contribution in [-0.2, 0) is 0 Å². The van der Waals surface area contributed by atoms with Gasteiger partial charge in [-0.2, -0.15) is 0 Å². The minimum atomic E-state index is -0.392. The Balaban J connectivity index is 1.35. The van der Waals surface area contributed by atoms with E-state index in [-0.39, 0.29) is 29.8 Å². The number of aromatic nitrogens is 1. The number of nitrogens with one attached hydrogen (secondary N) is 3. The second kappa shape index (κ2) is 10.6. The highest BCUT2D eigenvalue weighted by atomic mass is 16.6. The summed E-state index contributed by atoms with van der Waals surface area (Å²) in [4.78, 5) is 29.9. The standard InChI is InChI=1S/C24H32N6O3/c1-17-22(30(32)33)13-14-23(25-17)29-15-7-10-19(16-29)26-20-11-5-6-12-21(20)28-24(31)27-18-8-3-2-4-9-18/h2-4,8-9,13-14,19-21,26H,5-7,10-12,15-16H2,1H3,(H2,27,28,31)/t19?,20-,21-/m1/s1. The first-order chi connectivity index (χ1) is 16.0. The lowest BCUT2D eigenvalue weighted by Crippen LogP contribution is -2.57. The van der Waals surface area contributed by atoms with E-state index >= 15 is 0 Å². The molecule has 2 aliphatic rings. The van der Waals surface area contributed by atoms with Crippen LogP contribution >= 0.6 is 0 Å². The first-order valence-corrected chi connectivity index (χ1v) is 11.7. The molecule has 1 saturated carbocycles. The van der Waals surface area contributed by atoms with Crippen molar-refractivity contribution in [3.05, 3.63) is 58.3 Å². The van der Waals surface area contributed by atoms with Crippen molar-refractivity contribution in [1.82, 2.24) is 15.6 Å². The van der Waals surface area contributed by atoms with Crippen LogP contribution in [0.5, 0.6) is 0 Å². The van der Waals surface area contributed by atoms with Crippen molar-refractivity contribution in [2.24, 2.45) is 0 Å². The maximum atomic E-state index is 12.5. The molecule has 176 valence electrons. The average molecular weight is 453 g/mol. The minimum absolute atomic E-state index is 0.0512. The molecule has 1 unspecified atom stereocenters. The molecule has 3 N–H and O–H groups in total. The lowest BCUT2D eigenvalue weighted by molar-refractivity contribution is -0.385. The summed E-state index contributed by atoms with van der Waals surface area (Å²) in [6, 6.07) is 13.2. The number of anilines is 2. The minimum Gasteiger partial charge on any atom is -0.355 e. The maximum absolute atomic E-state index is 12.5. The molecule has 1 saturated heterocycles. The van der Waals surface area contributed by atoms with E-state index in [1.165, 1.54) is 0 Å². The third-order valence-electron chi connectivity index (χ3n) is 6.55. The number of rotatable bonds is 6. The van der Waals surface area contributed by atoms with Crippen molar-refractivity contribution in [3.63, 3.8) is 0 Å². The molecule has 9 nitrogen and oxygen atoms in total. The van der Waals surface area contributed by atoms with E-state index in [1.807, 2.05) is 30.3 Å². The molecule has 1 aromatic carbocycles. The topological polar surface area (TPSA) is 112 Å². The maximum Gasteiger partial charge on any atom is 0.319 e. The van der Waals surface area contributed by atoms with Crippen LogP contribution in [-0.4, -0.2) is 47.2 Å². The van der Waals surface area contributed by atoms with E-state index in [0.29, 0.717) is 5.69 Å². The van der Waals surface area contributed by atoms with Gasteiger partial charge in [-0.25, -0.2) is 9.78 Å². The van der Waals surface area contributed by atoms with E-state index in [0.717, 1.165) is 63.1 Å². The van der Waals surface area contributed by atoms with Crippen LogP contribution < -0.4 is 20.9 Å². The van der Waals surface area contributed by atoms with Gasteiger partial charge in [-0.1, -0.05) is 31.0 Å². The van der Waals surface area contributed by atoms with Gasteiger partial charge in [-0.15, -0.1) is 0 Å². The highest BCUT2D eigenvalue weighted by Crippen LogP contribution is 2.25. The Morgan fingerprint density at radius 3 is 2.55 bits per heavy atom.